The fourth-order valence-electron chi connectivity index (χ4n) is 3.10. The highest BCUT2D eigenvalue weighted by atomic mass is 32.2. The topological polar surface area (TPSA) is 212 Å². The summed E-state index contributed by atoms with van der Waals surface area (Å²) in [6.07, 6.45) is 0.356. The van der Waals surface area contributed by atoms with Crippen molar-refractivity contribution in [2.45, 2.75) is 36.2 Å². The minimum absolute atomic E-state index is 0.00462. The molecule has 0 aliphatic rings. The van der Waals surface area contributed by atoms with Gasteiger partial charge in [0.1, 0.15) is 22.7 Å². The highest BCUT2D eigenvalue weighted by molar-refractivity contribution is 7.89. The predicted octanol–water partition coefficient (Wildman–Crippen LogP) is -0.00220. The van der Waals surface area contributed by atoms with Crippen LogP contribution in [0.1, 0.15) is 18.4 Å². The summed E-state index contributed by atoms with van der Waals surface area (Å²) < 4.78 is 28.1. The third kappa shape index (κ3) is 7.94. The average molecular weight is 490 g/mol. The second-order valence-electron chi connectivity index (χ2n) is 7.33. The lowest BCUT2D eigenvalue weighted by Crippen LogP contribution is -2.53. The molecule has 0 bridgehead atoms. The zero-order valence-corrected chi connectivity index (χ0v) is 19.1. The first-order chi connectivity index (χ1) is 16.1. The molecule has 0 radical (unpaired) electrons. The lowest BCUT2D eigenvalue weighted by atomic mass is 10.0. The van der Waals surface area contributed by atoms with E-state index in [9.17, 15) is 22.9 Å². The maximum Gasteiger partial charge on any atom is 0.243 e. The van der Waals surface area contributed by atoms with Gasteiger partial charge in [-0.1, -0.05) is 42.5 Å². The van der Waals surface area contributed by atoms with Crippen LogP contribution in [0.15, 0.2) is 69.7 Å². The summed E-state index contributed by atoms with van der Waals surface area (Å²) in [4.78, 5) is 39.5. The van der Waals surface area contributed by atoms with Crippen LogP contribution < -0.4 is 27.2 Å². The van der Waals surface area contributed by atoms with E-state index in [1.165, 1.54) is 24.3 Å². The van der Waals surface area contributed by atoms with Crippen molar-refractivity contribution in [1.82, 2.24) is 10.0 Å². The summed E-state index contributed by atoms with van der Waals surface area (Å²) in [5.74, 6) is -1.71. The molecule has 182 valence electrons. The van der Waals surface area contributed by atoms with Gasteiger partial charge in [0.05, 0.1) is 0 Å². The van der Waals surface area contributed by atoms with E-state index >= 15 is 0 Å². The molecular weight excluding hydrogens is 462 g/mol. The normalized spacial score (nSPS) is 12.8. The van der Waals surface area contributed by atoms with Gasteiger partial charge in [0.2, 0.25) is 21.8 Å². The molecule has 0 heterocycles. The number of hydrogen-bond acceptors (Lipinski definition) is 7. The Morgan fingerprint density at radius 2 is 1.59 bits per heavy atom. The molecule has 34 heavy (non-hydrogen) atoms. The monoisotopic (exact) mass is 489 g/mol. The largest absolute Gasteiger partial charge is 0.370 e. The molecule has 2 rings (SSSR count). The number of benzene rings is 2. The smallest absolute Gasteiger partial charge is 0.243 e. The van der Waals surface area contributed by atoms with Crippen LogP contribution in [0.5, 0.6) is 0 Å². The Morgan fingerprint density at radius 1 is 0.941 bits per heavy atom. The van der Waals surface area contributed by atoms with Crippen molar-refractivity contribution in [2.24, 2.45) is 27.4 Å². The number of primary amides is 1. The van der Waals surface area contributed by atoms with Crippen molar-refractivity contribution in [1.29, 1.82) is 0 Å². The number of guanidine groups is 1. The first kappa shape index (κ1) is 26.4. The molecule has 0 saturated heterocycles. The van der Waals surface area contributed by atoms with Crippen LogP contribution in [0, 0.1) is 4.91 Å². The Hall–Kier alpha value is -3.84. The summed E-state index contributed by atoms with van der Waals surface area (Å²) in [6, 6.07) is 11.8. The van der Waals surface area contributed by atoms with E-state index in [-0.39, 0.29) is 42.3 Å². The van der Waals surface area contributed by atoms with E-state index in [1.54, 1.807) is 30.3 Å². The van der Waals surface area contributed by atoms with Crippen molar-refractivity contribution < 1.29 is 18.0 Å². The number of nitrogens with two attached hydrogens (primary N) is 3. The lowest BCUT2D eigenvalue weighted by molar-refractivity contribution is -0.128. The van der Waals surface area contributed by atoms with Gasteiger partial charge in [0.25, 0.3) is 0 Å². The van der Waals surface area contributed by atoms with E-state index in [0.717, 1.165) is 5.56 Å². The van der Waals surface area contributed by atoms with Crippen LogP contribution in [-0.2, 0) is 26.0 Å². The third-order valence-electron chi connectivity index (χ3n) is 4.75. The Bertz CT molecular complexity index is 1140. The van der Waals surface area contributed by atoms with E-state index in [2.05, 4.69) is 20.2 Å². The van der Waals surface area contributed by atoms with Gasteiger partial charge < -0.3 is 22.5 Å². The van der Waals surface area contributed by atoms with Gasteiger partial charge >= 0.3 is 0 Å². The van der Waals surface area contributed by atoms with Crippen molar-refractivity contribution >= 4 is 33.5 Å². The van der Waals surface area contributed by atoms with Gasteiger partial charge in [0, 0.05) is 13.0 Å². The molecule has 12 nitrogen and oxygen atoms in total. The summed E-state index contributed by atoms with van der Waals surface area (Å²) in [5, 5.41) is 5.23. The highest BCUT2D eigenvalue weighted by Crippen LogP contribution is 2.23. The first-order valence-electron chi connectivity index (χ1n) is 10.3. The minimum atomic E-state index is -4.32. The molecule has 0 aliphatic heterocycles. The Morgan fingerprint density at radius 3 is 2.21 bits per heavy atom. The van der Waals surface area contributed by atoms with Crippen LogP contribution in [-0.4, -0.2) is 44.8 Å². The fraction of sp³-hybridized carbons (Fsp3) is 0.286. The van der Waals surface area contributed by atoms with E-state index < -0.39 is 33.9 Å². The predicted molar refractivity (Wildman–Crippen MR) is 127 cm³/mol. The Kier molecular flexibility index (Phi) is 9.64. The average Bonchev–Trinajstić information content (AvgIpc) is 2.80. The lowest BCUT2D eigenvalue weighted by Gasteiger charge is -2.22. The van der Waals surface area contributed by atoms with Crippen molar-refractivity contribution in [3.05, 3.63) is 65.1 Å². The number of nitrogens with one attached hydrogen (secondary N) is 2. The fourth-order valence-corrected chi connectivity index (χ4v) is 4.47. The molecule has 0 spiro atoms. The van der Waals surface area contributed by atoms with Gasteiger partial charge in [-0.15, -0.1) is 4.91 Å². The Balaban J connectivity index is 2.25. The van der Waals surface area contributed by atoms with Crippen molar-refractivity contribution in [3.8, 4) is 0 Å². The standard InChI is InChI=1S/C21H27N7O5S/c22-19(29)17(13-14-7-2-1-3-8-14)26-20(30)16(10-6-12-25-21(23)24)28-34(32,33)18-11-5-4-9-15(18)27-31/h1-5,7-9,11,16-17,28H,6,10,12-13H2,(H2,22,29)(H,26,30)(H4,23,24,25)/t16-,17-/m0/s1. The zero-order valence-electron chi connectivity index (χ0n) is 18.3. The minimum Gasteiger partial charge on any atom is -0.370 e. The molecule has 2 atom stereocenters. The maximum absolute atomic E-state index is 13.0. The second kappa shape index (κ2) is 12.4. The Labute approximate surface area is 197 Å². The molecule has 8 N–H and O–H groups in total. The molecule has 0 aromatic heterocycles. The van der Waals surface area contributed by atoms with Crippen molar-refractivity contribution in [2.75, 3.05) is 6.54 Å². The number of amides is 2. The number of hydrogen-bond donors (Lipinski definition) is 5. The number of nitrogens with zero attached hydrogens (tertiary/aromatic N) is 2. The van der Waals surface area contributed by atoms with E-state index in [1.807, 2.05) is 0 Å². The quantitative estimate of drug-likeness (QED) is 0.112. The molecule has 2 amide bonds. The van der Waals surface area contributed by atoms with Gasteiger partial charge in [-0.05, 0) is 35.7 Å². The molecule has 0 saturated carbocycles. The number of carbonyl (C=O) groups is 2. The molecule has 2 aromatic carbocycles. The van der Waals surface area contributed by atoms with Gasteiger partial charge in [-0.25, -0.2) is 8.42 Å². The van der Waals surface area contributed by atoms with E-state index in [4.69, 9.17) is 17.2 Å². The SMILES string of the molecule is NC(=O)[C@H](Cc1ccccc1)NC(=O)[C@H](CCCN=C(N)N)NS(=O)(=O)c1ccccc1N=O. The number of nitroso groups, excluding NO2 is 1. The van der Waals surface area contributed by atoms with Crippen LogP contribution in [0.2, 0.25) is 0 Å². The molecule has 0 unspecified atom stereocenters. The third-order valence-corrected chi connectivity index (χ3v) is 6.27. The van der Waals surface area contributed by atoms with Gasteiger partial charge in [-0.3, -0.25) is 14.6 Å². The summed E-state index contributed by atoms with van der Waals surface area (Å²) >= 11 is 0. The van der Waals surface area contributed by atoms with E-state index in [0.29, 0.717) is 0 Å². The van der Waals surface area contributed by atoms with Crippen LogP contribution in [0.25, 0.3) is 0 Å². The summed E-state index contributed by atoms with van der Waals surface area (Å²) in [5.41, 5.74) is 16.5. The molecule has 2 aromatic rings. The maximum atomic E-state index is 13.0. The van der Waals surface area contributed by atoms with Crippen LogP contribution >= 0.6 is 0 Å². The van der Waals surface area contributed by atoms with Gasteiger partial charge in [0.15, 0.2) is 5.96 Å². The highest BCUT2D eigenvalue weighted by Gasteiger charge is 2.30. The van der Waals surface area contributed by atoms with Crippen LogP contribution in [0.4, 0.5) is 5.69 Å². The number of aliphatic imine (C=N–C) groups is 1. The second-order valence-corrected chi connectivity index (χ2v) is 9.02. The molecule has 13 heteroatoms. The number of carbonyl (C=O) groups excluding carboxylic acids is 2. The summed E-state index contributed by atoms with van der Waals surface area (Å²) in [7, 11) is -4.32. The first-order valence-corrected chi connectivity index (χ1v) is 11.8. The van der Waals surface area contributed by atoms with Crippen molar-refractivity contribution in [3.63, 3.8) is 0 Å². The zero-order chi connectivity index (χ0) is 25.1. The molecule has 0 fully saturated rings. The number of rotatable bonds is 13. The van der Waals surface area contributed by atoms with Crippen LogP contribution in [0.3, 0.4) is 0 Å². The van der Waals surface area contributed by atoms with Gasteiger partial charge in [-0.2, -0.15) is 4.72 Å². The molecule has 0 aliphatic carbocycles. The molecular formula is C21H27N7O5S. The number of sulfonamides is 1. The summed E-state index contributed by atoms with van der Waals surface area (Å²) in [6.45, 7) is 0.142.